The van der Waals surface area contributed by atoms with Gasteiger partial charge in [0.15, 0.2) is 16.6 Å². The molecule has 1 amide bonds. The third kappa shape index (κ3) is 5.92. The molecule has 0 aliphatic carbocycles. The Morgan fingerprint density at radius 1 is 1.14 bits per heavy atom. The molecule has 0 spiro atoms. The highest BCUT2D eigenvalue weighted by molar-refractivity contribution is 7.13. The van der Waals surface area contributed by atoms with Crippen LogP contribution in [0.4, 0.5) is 10.9 Å². The van der Waals surface area contributed by atoms with E-state index in [-0.39, 0.29) is 12.3 Å². The molecular weight excluding hydrogens is 388 g/mol. The van der Waals surface area contributed by atoms with E-state index >= 15 is 0 Å². The Labute approximate surface area is 174 Å². The zero-order chi connectivity index (χ0) is 20.6. The predicted molar refractivity (Wildman–Crippen MR) is 114 cm³/mol. The van der Waals surface area contributed by atoms with Crippen molar-refractivity contribution in [2.24, 2.45) is 0 Å². The quantitative estimate of drug-likeness (QED) is 0.559. The number of ether oxygens (including phenoxy) is 2. The highest BCUT2D eigenvalue weighted by Gasteiger charge is 2.09. The summed E-state index contributed by atoms with van der Waals surface area (Å²) in [5, 5.41) is 8.70. The lowest BCUT2D eigenvalue weighted by atomic mass is 10.1. The molecule has 2 heterocycles. The van der Waals surface area contributed by atoms with Crippen LogP contribution in [0.25, 0.3) is 0 Å². The summed E-state index contributed by atoms with van der Waals surface area (Å²) in [6, 6.07) is 9.63. The summed E-state index contributed by atoms with van der Waals surface area (Å²) in [7, 11) is 3.21. The van der Waals surface area contributed by atoms with Crippen LogP contribution in [0.3, 0.4) is 0 Å². The smallest absolute Gasteiger partial charge is 0.226 e. The zero-order valence-electron chi connectivity index (χ0n) is 16.7. The van der Waals surface area contributed by atoms with E-state index in [1.54, 1.807) is 20.4 Å². The van der Waals surface area contributed by atoms with Gasteiger partial charge in [-0.15, -0.1) is 11.3 Å². The fourth-order valence-corrected chi connectivity index (χ4v) is 3.49. The summed E-state index contributed by atoms with van der Waals surface area (Å²) in [6.45, 7) is 2.54. The summed E-state index contributed by atoms with van der Waals surface area (Å²) in [6.07, 6.45) is 2.69. The molecule has 0 saturated carbocycles. The number of aryl methyl sites for hydroxylation is 1. The largest absolute Gasteiger partial charge is 0.493 e. The number of hydrogen-bond donors (Lipinski definition) is 2. The topological polar surface area (TPSA) is 85.4 Å². The Kier molecular flexibility index (Phi) is 7.02. The number of thiazole rings is 1. The van der Waals surface area contributed by atoms with Crippen LogP contribution >= 0.6 is 11.3 Å². The molecule has 0 fully saturated rings. The van der Waals surface area contributed by atoms with Crippen LogP contribution < -0.4 is 20.1 Å². The van der Waals surface area contributed by atoms with Crippen molar-refractivity contribution in [3.63, 3.8) is 0 Å². The van der Waals surface area contributed by atoms with Gasteiger partial charge >= 0.3 is 0 Å². The predicted octanol–water partition coefficient (Wildman–Crippen LogP) is 3.51. The molecule has 2 N–H and O–H groups in total. The number of amides is 1. The van der Waals surface area contributed by atoms with Crippen LogP contribution in [0.1, 0.15) is 16.8 Å². The third-order valence-corrected chi connectivity index (χ3v) is 5.03. The number of benzene rings is 1. The maximum absolute atomic E-state index is 12.2. The molecule has 29 heavy (non-hydrogen) atoms. The maximum Gasteiger partial charge on any atom is 0.226 e. The van der Waals surface area contributed by atoms with Gasteiger partial charge in [-0.05, 0) is 48.7 Å². The van der Waals surface area contributed by atoms with Gasteiger partial charge in [0.2, 0.25) is 5.91 Å². The molecule has 3 rings (SSSR count). The first-order valence-electron chi connectivity index (χ1n) is 9.19. The molecule has 3 aromatic rings. The monoisotopic (exact) mass is 412 g/mol. The van der Waals surface area contributed by atoms with Crippen LogP contribution in [-0.4, -0.2) is 36.6 Å². The number of aromatic nitrogens is 2. The van der Waals surface area contributed by atoms with E-state index in [2.05, 4.69) is 20.6 Å². The van der Waals surface area contributed by atoms with Gasteiger partial charge in [-0.25, -0.2) is 9.97 Å². The van der Waals surface area contributed by atoms with Gasteiger partial charge in [0.25, 0.3) is 0 Å². The molecule has 2 aromatic heterocycles. The van der Waals surface area contributed by atoms with E-state index < -0.39 is 0 Å². The number of anilines is 2. The Balaban J connectivity index is 1.47. The first kappa shape index (κ1) is 20.6. The second-order valence-electron chi connectivity index (χ2n) is 6.45. The molecule has 152 valence electrons. The van der Waals surface area contributed by atoms with Crippen molar-refractivity contribution in [3.05, 3.63) is 58.7 Å². The molecule has 1 aromatic carbocycles. The number of rotatable bonds is 9. The van der Waals surface area contributed by atoms with Crippen molar-refractivity contribution in [3.8, 4) is 11.5 Å². The second kappa shape index (κ2) is 9.88. The molecule has 8 heteroatoms. The van der Waals surface area contributed by atoms with E-state index in [0.717, 1.165) is 27.8 Å². The summed E-state index contributed by atoms with van der Waals surface area (Å²) < 4.78 is 10.5. The molecule has 0 radical (unpaired) electrons. The molecule has 0 aliphatic heterocycles. The number of pyridine rings is 1. The van der Waals surface area contributed by atoms with Crippen LogP contribution in [0.15, 0.2) is 41.9 Å². The summed E-state index contributed by atoms with van der Waals surface area (Å²) in [5.74, 6) is 2.05. The standard InChI is InChI=1S/C21H24N4O3S/c1-14-6-8-22-19(10-14)25-21-24-16(13-29-21)12-20(26)23-9-7-15-4-5-17(27-2)18(11-15)28-3/h4-6,8,10-11,13H,7,9,12H2,1-3H3,(H,23,26)(H,22,24,25). The molecule has 7 nitrogen and oxygen atoms in total. The van der Waals surface area contributed by atoms with Crippen molar-refractivity contribution >= 4 is 28.2 Å². The Morgan fingerprint density at radius 2 is 1.97 bits per heavy atom. The number of hydrogen-bond acceptors (Lipinski definition) is 7. The van der Waals surface area contributed by atoms with Gasteiger partial charge in [-0.2, -0.15) is 0 Å². The van der Waals surface area contributed by atoms with Gasteiger partial charge in [0.05, 0.1) is 26.3 Å². The van der Waals surface area contributed by atoms with Crippen molar-refractivity contribution in [1.29, 1.82) is 0 Å². The second-order valence-corrected chi connectivity index (χ2v) is 7.31. The number of carbonyl (C=O) groups is 1. The molecule has 0 aliphatic rings. The lowest BCUT2D eigenvalue weighted by molar-refractivity contribution is -0.120. The molecular formula is C21H24N4O3S. The van der Waals surface area contributed by atoms with Crippen molar-refractivity contribution in [1.82, 2.24) is 15.3 Å². The lowest BCUT2D eigenvalue weighted by Gasteiger charge is -2.10. The Bertz CT molecular complexity index is 974. The molecule has 0 bridgehead atoms. The summed E-state index contributed by atoms with van der Waals surface area (Å²) in [4.78, 5) is 20.9. The number of nitrogens with zero attached hydrogens (tertiary/aromatic N) is 2. The van der Waals surface area contributed by atoms with Gasteiger partial charge in [-0.3, -0.25) is 4.79 Å². The zero-order valence-corrected chi connectivity index (χ0v) is 17.5. The number of nitrogens with one attached hydrogen (secondary N) is 2. The summed E-state index contributed by atoms with van der Waals surface area (Å²) >= 11 is 1.45. The summed E-state index contributed by atoms with van der Waals surface area (Å²) in [5.41, 5.74) is 2.91. The molecule has 0 atom stereocenters. The highest BCUT2D eigenvalue weighted by atomic mass is 32.1. The van der Waals surface area contributed by atoms with Gasteiger partial charge in [0, 0.05) is 18.1 Å². The molecule has 0 unspecified atom stereocenters. The SMILES string of the molecule is COc1ccc(CCNC(=O)Cc2csc(Nc3cc(C)ccn3)n2)cc1OC. The van der Waals surface area contributed by atoms with E-state index in [9.17, 15) is 4.79 Å². The van der Waals surface area contributed by atoms with Gasteiger partial charge in [0.1, 0.15) is 5.82 Å². The average molecular weight is 413 g/mol. The van der Waals surface area contributed by atoms with E-state index in [0.29, 0.717) is 24.5 Å². The Hall–Kier alpha value is -3.13. The van der Waals surface area contributed by atoms with Crippen LogP contribution in [-0.2, 0) is 17.6 Å². The van der Waals surface area contributed by atoms with Crippen LogP contribution in [0.5, 0.6) is 11.5 Å². The minimum absolute atomic E-state index is 0.0593. The fraction of sp³-hybridized carbons (Fsp3) is 0.286. The molecule has 0 saturated heterocycles. The minimum atomic E-state index is -0.0593. The number of methoxy groups -OCH3 is 2. The van der Waals surface area contributed by atoms with Crippen molar-refractivity contribution < 1.29 is 14.3 Å². The van der Waals surface area contributed by atoms with Crippen LogP contribution in [0, 0.1) is 6.92 Å². The average Bonchev–Trinajstić information content (AvgIpc) is 3.14. The van der Waals surface area contributed by atoms with E-state index in [1.807, 2.05) is 42.6 Å². The van der Waals surface area contributed by atoms with E-state index in [4.69, 9.17) is 9.47 Å². The lowest BCUT2D eigenvalue weighted by Crippen LogP contribution is -2.27. The van der Waals surface area contributed by atoms with Crippen LogP contribution in [0.2, 0.25) is 0 Å². The third-order valence-electron chi connectivity index (χ3n) is 4.23. The fourth-order valence-electron chi connectivity index (χ4n) is 2.77. The first-order valence-corrected chi connectivity index (χ1v) is 10.1. The van der Waals surface area contributed by atoms with E-state index in [1.165, 1.54) is 11.3 Å². The first-order chi connectivity index (χ1) is 14.1. The highest BCUT2D eigenvalue weighted by Crippen LogP contribution is 2.27. The number of carbonyl (C=O) groups excluding carboxylic acids is 1. The van der Waals surface area contributed by atoms with Crippen molar-refractivity contribution in [2.45, 2.75) is 19.8 Å². The maximum atomic E-state index is 12.2. The van der Waals surface area contributed by atoms with Gasteiger partial charge in [-0.1, -0.05) is 6.07 Å². The van der Waals surface area contributed by atoms with Gasteiger partial charge < -0.3 is 20.1 Å². The van der Waals surface area contributed by atoms with Crippen molar-refractivity contribution in [2.75, 3.05) is 26.1 Å². The normalized spacial score (nSPS) is 10.4. The Morgan fingerprint density at radius 3 is 2.72 bits per heavy atom. The minimum Gasteiger partial charge on any atom is -0.493 e.